The molecule has 3 amide bonds. The maximum Gasteiger partial charge on any atom is 0.259 e. The summed E-state index contributed by atoms with van der Waals surface area (Å²) in [5.41, 5.74) is 5.50. The molecule has 11 heteroatoms. The first-order valence-electron chi connectivity index (χ1n) is 9.44. The SMILES string of the molecule is COc1cc(C(=O)Nc2ccc(F)c(NC(=O)c3ccoc3C)c2)cc(Cl)c1OCC(N)=O. The second-order valence-electron chi connectivity index (χ2n) is 6.74. The average molecular weight is 476 g/mol. The van der Waals surface area contributed by atoms with Crippen LogP contribution in [0.25, 0.3) is 0 Å². The van der Waals surface area contributed by atoms with Gasteiger partial charge in [0.25, 0.3) is 17.7 Å². The molecule has 0 aliphatic heterocycles. The van der Waals surface area contributed by atoms with Crippen LogP contribution in [0.2, 0.25) is 5.02 Å². The molecule has 0 unspecified atom stereocenters. The fraction of sp³-hybridized carbons (Fsp3) is 0.136. The maximum atomic E-state index is 14.2. The first kappa shape index (κ1) is 23.6. The number of anilines is 2. The number of amides is 3. The molecule has 2 aromatic carbocycles. The monoisotopic (exact) mass is 475 g/mol. The van der Waals surface area contributed by atoms with Crippen molar-refractivity contribution in [3.8, 4) is 11.5 Å². The van der Waals surface area contributed by atoms with Gasteiger partial charge in [-0.25, -0.2) is 4.39 Å². The number of ether oxygens (including phenoxy) is 2. The van der Waals surface area contributed by atoms with Gasteiger partial charge in [-0.2, -0.15) is 0 Å². The van der Waals surface area contributed by atoms with E-state index in [9.17, 15) is 18.8 Å². The van der Waals surface area contributed by atoms with Gasteiger partial charge < -0.3 is 30.3 Å². The minimum absolute atomic E-state index is 0.0169. The van der Waals surface area contributed by atoms with Gasteiger partial charge in [0.1, 0.15) is 11.6 Å². The molecule has 9 nitrogen and oxygen atoms in total. The number of halogens is 2. The molecule has 3 rings (SSSR count). The van der Waals surface area contributed by atoms with Crippen molar-refractivity contribution in [2.45, 2.75) is 6.92 Å². The third-order valence-electron chi connectivity index (χ3n) is 4.43. The molecule has 0 bridgehead atoms. The van der Waals surface area contributed by atoms with E-state index in [1.54, 1.807) is 6.92 Å². The van der Waals surface area contributed by atoms with Crippen molar-refractivity contribution in [1.82, 2.24) is 0 Å². The molecule has 0 radical (unpaired) electrons. The molecule has 0 saturated heterocycles. The number of hydrogen-bond donors (Lipinski definition) is 3. The summed E-state index contributed by atoms with van der Waals surface area (Å²) >= 11 is 6.17. The molecule has 172 valence electrons. The summed E-state index contributed by atoms with van der Waals surface area (Å²) in [6.07, 6.45) is 1.35. The lowest BCUT2D eigenvalue weighted by Crippen LogP contribution is -2.20. The molecule has 0 atom stereocenters. The van der Waals surface area contributed by atoms with Gasteiger partial charge in [0.15, 0.2) is 18.1 Å². The number of hydrogen-bond acceptors (Lipinski definition) is 6. The Hall–Kier alpha value is -4.05. The number of carbonyl (C=O) groups is 3. The number of carbonyl (C=O) groups excluding carboxylic acids is 3. The molecule has 0 saturated carbocycles. The number of rotatable bonds is 8. The Kier molecular flexibility index (Phi) is 7.19. The van der Waals surface area contributed by atoms with Gasteiger partial charge in [-0.05, 0) is 43.3 Å². The van der Waals surface area contributed by atoms with E-state index >= 15 is 0 Å². The van der Waals surface area contributed by atoms with Gasteiger partial charge in [0.2, 0.25) is 0 Å². The van der Waals surface area contributed by atoms with Crippen LogP contribution in [0.1, 0.15) is 26.5 Å². The largest absolute Gasteiger partial charge is 0.493 e. The zero-order valence-electron chi connectivity index (χ0n) is 17.5. The van der Waals surface area contributed by atoms with E-state index in [-0.39, 0.29) is 39.0 Å². The normalized spacial score (nSPS) is 10.4. The number of furan rings is 1. The third-order valence-corrected chi connectivity index (χ3v) is 4.71. The predicted molar refractivity (Wildman–Crippen MR) is 118 cm³/mol. The van der Waals surface area contributed by atoms with Crippen molar-refractivity contribution < 1.29 is 32.7 Å². The van der Waals surface area contributed by atoms with Crippen LogP contribution >= 0.6 is 11.6 Å². The summed E-state index contributed by atoms with van der Waals surface area (Å²) < 4.78 is 29.7. The molecule has 3 aromatic rings. The molecule has 0 aliphatic carbocycles. The number of benzene rings is 2. The molecule has 1 aromatic heterocycles. The highest BCUT2D eigenvalue weighted by molar-refractivity contribution is 6.32. The second-order valence-corrected chi connectivity index (χ2v) is 7.14. The molecule has 1 heterocycles. The Balaban J connectivity index is 1.79. The standard InChI is InChI=1S/C22H19ClFN3O6/c1-11-14(5-6-32-11)22(30)27-17-9-13(3-4-16(17)24)26-21(29)12-7-15(23)20(18(8-12)31-2)33-10-19(25)28/h3-9H,10H2,1-2H3,(H2,25,28)(H,26,29)(H,27,30). The fourth-order valence-corrected chi connectivity index (χ4v) is 3.11. The maximum absolute atomic E-state index is 14.2. The van der Waals surface area contributed by atoms with Gasteiger partial charge in [0.05, 0.1) is 29.6 Å². The van der Waals surface area contributed by atoms with Crippen LogP contribution in [-0.4, -0.2) is 31.4 Å². The topological polar surface area (TPSA) is 133 Å². The van der Waals surface area contributed by atoms with Crippen LogP contribution in [0, 0.1) is 12.7 Å². The van der Waals surface area contributed by atoms with Crippen LogP contribution in [0.4, 0.5) is 15.8 Å². The van der Waals surface area contributed by atoms with Crippen molar-refractivity contribution in [3.63, 3.8) is 0 Å². The van der Waals surface area contributed by atoms with Crippen LogP contribution < -0.4 is 25.8 Å². The number of nitrogens with one attached hydrogen (secondary N) is 2. The fourth-order valence-electron chi connectivity index (χ4n) is 2.85. The highest BCUT2D eigenvalue weighted by Crippen LogP contribution is 2.36. The van der Waals surface area contributed by atoms with Crippen molar-refractivity contribution in [2.24, 2.45) is 5.73 Å². The first-order chi connectivity index (χ1) is 15.7. The Morgan fingerprint density at radius 3 is 2.52 bits per heavy atom. The highest BCUT2D eigenvalue weighted by atomic mass is 35.5. The van der Waals surface area contributed by atoms with Crippen molar-refractivity contribution in [2.75, 3.05) is 24.4 Å². The van der Waals surface area contributed by atoms with E-state index < -0.39 is 30.1 Å². The molecule has 0 aliphatic rings. The minimum Gasteiger partial charge on any atom is -0.493 e. The summed E-state index contributed by atoms with van der Waals surface area (Å²) in [6.45, 7) is 1.18. The number of methoxy groups -OCH3 is 1. The lowest BCUT2D eigenvalue weighted by Gasteiger charge is -2.14. The van der Waals surface area contributed by atoms with Crippen molar-refractivity contribution in [1.29, 1.82) is 0 Å². The third kappa shape index (κ3) is 5.60. The Morgan fingerprint density at radius 2 is 1.88 bits per heavy atom. The van der Waals surface area contributed by atoms with Gasteiger partial charge >= 0.3 is 0 Å². The summed E-state index contributed by atoms with van der Waals surface area (Å²) in [7, 11) is 1.33. The summed E-state index contributed by atoms with van der Waals surface area (Å²) in [5.74, 6) is -2.02. The van der Waals surface area contributed by atoms with Crippen molar-refractivity contribution in [3.05, 3.63) is 70.4 Å². The Bertz CT molecular complexity index is 1230. The molecule has 0 spiro atoms. The first-order valence-corrected chi connectivity index (χ1v) is 9.82. The molecule has 33 heavy (non-hydrogen) atoms. The molecule has 4 N–H and O–H groups in total. The predicted octanol–water partition coefficient (Wildman–Crippen LogP) is 3.76. The minimum atomic E-state index is -0.711. The van der Waals surface area contributed by atoms with Crippen LogP contribution in [0.15, 0.2) is 47.1 Å². The van der Waals surface area contributed by atoms with E-state index in [2.05, 4.69) is 10.6 Å². The lowest BCUT2D eigenvalue weighted by atomic mass is 10.1. The molecular formula is C22H19ClFN3O6. The Labute approximate surface area is 192 Å². The van der Waals surface area contributed by atoms with Crippen molar-refractivity contribution >= 4 is 40.7 Å². The van der Waals surface area contributed by atoms with E-state index in [0.717, 1.165) is 6.07 Å². The molecular weight excluding hydrogens is 457 g/mol. The number of aryl methyl sites for hydroxylation is 1. The number of nitrogens with two attached hydrogens (primary N) is 1. The summed E-state index contributed by atoms with van der Waals surface area (Å²) in [4.78, 5) is 36.0. The van der Waals surface area contributed by atoms with Gasteiger partial charge in [-0.3, -0.25) is 14.4 Å². The zero-order chi connectivity index (χ0) is 24.1. The zero-order valence-corrected chi connectivity index (χ0v) is 18.3. The quantitative estimate of drug-likeness (QED) is 0.454. The summed E-state index contributed by atoms with van der Waals surface area (Å²) in [6, 6.07) is 7.82. The van der Waals surface area contributed by atoms with Gasteiger partial charge in [-0.1, -0.05) is 11.6 Å². The second kappa shape index (κ2) is 10.0. The van der Waals surface area contributed by atoms with Gasteiger partial charge in [-0.15, -0.1) is 0 Å². The molecule has 0 fully saturated rings. The van der Waals surface area contributed by atoms with Crippen LogP contribution in [-0.2, 0) is 4.79 Å². The Morgan fingerprint density at radius 1 is 1.12 bits per heavy atom. The van der Waals surface area contributed by atoms with Gasteiger partial charge in [0, 0.05) is 11.3 Å². The van der Waals surface area contributed by atoms with E-state index in [4.69, 9.17) is 31.2 Å². The van der Waals surface area contributed by atoms with E-state index in [1.165, 1.54) is 43.7 Å². The van der Waals surface area contributed by atoms with Crippen LogP contribution in [0.5, 0.6) is 11.5 Å². The van der Waals surface area contributed by atoms with Crippen LogP contribution in [0.3, 0.4) is 0 Å². The highest BCUT2D eigenvalue weighted by Gasteiger charge is 2.18. The number of primary amides is 1. The average Bonchev–Trinajstić information content (AvgIpc) is 3.20. The smallest absolute Gasteiger partial charge is 0.259 e. The van der Waals surface area contributed by atoms with E-state index in [0.29, 0.717) is 5.76 Å². The lowest BCUT2D eigenvalue weighted by molar-refractivity contribution is -0.119. The summed E-state index contributed by atoms with van der Waals surface area (Å²) in [5, 5.41) is 5.05. The van der Waals surface area contributed by atoms with E-state index in [1.807, 2.05) is 0 Å².